The molecule has 5 aliphatic carbocycles. The largest absolute Gasteiger partial charge is 0.481 e. The number of carbonyl (C=O) groups is 1. The predicted octanol–water partition coefficient (Wildman–Crippen LogP) is 6.17. The molecule has 0 saturated heterocycles. The summed E-state index contributed by atoms with van der Waals surface area (Å²) >= 11 is 0. The average Bonchev–Trinajstić information content (AvgIpc) is 3.16. The molecule has 0 aromatic carbocycles. The van der Waals surface area contributed by atoms with Crippen LogP contribution in [0.1, 0.15) is 106 Å². The molecule has 0 heterocycles. The lowest BCUT2D eigenvalue weighted by molar-refractivity contribution is -0.255. The van der Waals surface area contributed by atoms with Crippen LogP contribution in [0.15, 0.2) is 12.2 Å². The van der Waals surface area contributed by atoms with Gasteiger partial charge in [0.05, 0.1) is 11.5 Å². The van der Waals surface area contributed by atoms with E-state index >= 15 is 0 Å². The zero-order chi connectivity index (χ0) is 25.1. The molecule has 5 aliphatic rings. The fourth-order valence-electron chi connectivity index (χ4n) is 11.4. The highest BCUT2D eigenvalue weighted by Crippen LogP contribution is 2.77. The van der Waals surface area contributed by atoms with Gasteiger partial charge in [0.1, 0.15) is 0 Å². The van der Waals surface area contributed by atoms with E-state index in [-0.39, 0.29) is 39.2 Å². The molecule has 34 heavy (non-hydrogen) atoms. The molecule has 0 aromatic heterocycles. The molecular formula is C30H49NO3. The molecule has 0 bridgehead atoms. The lowest BCUT2D eigenvalue weighted by Crippen LogP contribution is -2.77. The van der Waals surface area contributed by atoms with Crippen molar-refractivity contribution >= 4 is 5.97 Å². The van der Waals surface area contributed by atoms with E-state index in [1.807, 2.05) is 0 Å². The summed E-state index contributed by atoms with van der Waals surface area (Å²) in [4.78, 5) is 12.8. The smallest absolute Gasteiger partial charge is 0.309 e. The first-order valence-corrected chi connectivity index (χ1v) is 14.0. The molecule has 4 nitrogen and oxygen atoms in total. The van der Waals surface area contributed by atoms with Crippen molar-refractivity contribution in [1.29, 1.82) is 0 Å². The Morgan fingerprint density at radius 1 is 0.853 bits per heavy atom. The van der Waals surface area contributed by atoms with Gasteiger partial charge in [0, 0.05) is 11.0 Å². The van der Waals surface area contributed by atoms with Gasteiger partial charge in [-0.1, -0.05) is 46.8 Å². The lowest BCUT2D eigenvalue weighted by Gasteiger charge is -2.75. The van der Waals surface area contributed by atoms with Crippen LogP contribution in [0.2, 0.25) is 0 Å². The third-order valence-corrected chi connectivity index (χ3v) is 14.0. The van der Waals surface area contributed by atoms with Crippen molar-refractivity contribution in [3.8, 4) is 0 Å². The van der Waals surface area contributed by atoms with Crippen molar-refractivity contribution in [3.05, 3.63) is 12.2 Å². The number of rotatable bonds is 2. The van der Waals surface area contributed by atoms with E-state index < -0.39 is 11.4 Å². The third-order valence-electron chi connectivity index (χ3n) is 14.0. The van der Waals surface area contributed by atoms with Gasteiger partial charge < -0.3 is 15.9 Å². The maximum absolute atomic E-state index is 12.8. The SMILES string of the molecule is C=C(C)[C@@H]1CC[C@]2(C(=O)O)CC[C@]3(C)[C@H](CC[C@@H]4[C@@]5(C)CC[C@H](O)C(C)(C)[C@]5(N)CC[C@]43C)[C@@H]12. The second-order valence-electron chi connectivity index (χ2n) is 14.7. The van der Waals surface area contributed by atoms with E-state index in [9.17, 15) is 15.0 Å². The molecule has 0 aromatic rings. The summed E-state index contributed by atoms with van der Waals surface area (Å²) in [5.41, 5.74) is 7.58. The van der Waals surface area contributed by atoms with Crippen molar-refractivity contribution in [2.45, 2.75) is 117 Å². The van der Waals surface area contributed by atoms with Crippen LogP contribution in [-0.4, -0.2) is 27.8 Å². The van der Waals surface area contributed by atoms with Crippen LogP contribution >= 0.6 is 0 Å². The van der Waals surface area contributed by atoms with Crippen LogP contribution in [-0.2, 0) is 4.79 Å². The summed E-state index contributed by atoms with van der Waals surface area (Å²) in [5.74, 6) is 0.918. The maximum Gasteiger partial charge on any atom is 0.309 e. The molecule has 0 unspecified atom stereocenters. The Labute approximate surface area is 207 Å². The predicted molar refractivity (Wildman–Crippen MR) is 136 cm³/mol. The van der Waals surface area contributed by atoms with Gasteiger partial charge in [-0.25, -0.2) is 0 Å². The number of aliphatic hydroxyl groups excluding tert-OH is 1. The number of aliphatic hydroxyl groups is 1. The van der Waals surface area contributed by atoms with Crippen LogP contribution in [0.4, 0.5) is 0 Å². The van der Waals surface area contributed by atoms with Crippen LogP contribution in [0.5, 0.6) is 0 Å². The second kappa shape index (κ2) is 7.12. The van der Waals surface area contributed by atoms with E-state index in [0.29, 0.717) is 17.8 Å². The summed E-state index contributed by atoms with van der Waals surface area (Å²) in [6.45, 7) is 18.4. The minimum absolute atomic E-state index is 0.0124. The summed E-state index contributed by atoms with van der Waals surface area (Å²) in [6.07, 6.45) is 9.35. The molecule has 5 saturated carbocycles. The number of carboxylic acids is 1. The van der Waals surface area contributed by atoms with Crippen molar-refractivity contribution in [1.82, 2.24) is 0 Å². The molecule has 5 rings (SSSR count). The van der Waals surface area contributed by atoms with E-state index in [2.05, 4.69) is 48.1 Å². The standard InChI is InChI=1S/C30H49NO3/c1-18(2)19-10-13-29(24(33)34)16-14-26(5)20(23(19)29)8-9-21-27(26,6)15-17-30(31)25(3,4)22(32)11-12-28(21,30)7/h19-23,32H,1,8-17,31H2,2-7H3,(H,33,34)/t19-,20+,21-,22-,23+,26+,27+,28+,29-,30+/m0/s1. The van der Waals surface area contributed by atoms with Crippen LogP contribution in [0, 0.1) is 50.7 Å². The van der Waals surface area contributed by atoms with Gasteiger partial charge >= 0.3 is 5.97 Å². The lowest BCUT2D eigenvalue weighted by atomic mass is 9.30. The van der Waals surface area contributed by atoms with Crippen molar-refractivity contribution in [3.63, 3.8) is 0 Å². The first kappa shape index (κ1) is 24.8. The number of fused-ring (bicyclic) bond motifs is 7. The minimum atomic E-state index is -0.565. The highest BCUT2D eigenvalue weighted by molar-refractivity contribution is 5.76. The fraction of sp³-hybridized carbons (Fsp3) is 0.900. The highest BCUT2D eigenvalue weighted by Gasteiger charge is 2.74. The summed E-state index contributed by atoms with van der Waals surface area (Å²) in [5, 5.41) is 21.5. The Morgan fingerprint density at radius 3 is 2.12 bits per heavy atom. The van der Waals surface area contributed by atoms with Gasteiger partial charge in [-0.2, -0.15) is 0 Å². The molecule has 4 heteroatoms. The van der Waals surface area contributed by atoms with Gasteiger partial charge in [-0.05, 0) is 111 Å². The molecule has 0 aliphatic heterocycles. The highest BCUT2D eigenvalue weighted by atomic mass is 16.4. The fourth-order valence-corrected chi connectivity index (χ4v) is 11.4. The third kappa shape index (κ3) is 2.56. The molecular weight excluding hydrogens is 422 g/mol. The molecule has 0 spiro atoms. The topological polar surface area (TPSA) is 83.5 Å². The molecule has 0 radical (unpaired) electrons. The summed E-state index contributed by atoms with van der Waals surface area (Å²) < 4.78 is 0. The Hall–Kier alpha value is -0.870. The number of carboxylic acid groups (broad SMARTS) is 1. The molecule has 10 atom stereocenters. The van der Waals surface area contributed by atoms with E-state index in [1.165, 1.54) is 5.57 Å². The molecule has 5 fully saturated rings. The first-order chi connectivity index (χ1) is 15.6. The van der Waals surface area contributed by atoms with Gasteiger partial charge in [0.2, 0.25) is 0 Å². The monoisotopic (exact) mass is 471 g/mol. The Kier molecular flexibility index (Phi) is 5.20. The number of aliphatic carboxylic acids is 1. The van der Waals surface area contributed by atoms with Crippen LogP contribution < -0.4 is 5.73 Å². The summed E-state index contributed by atoms with van der Waals surface area (Å²) in [6, 6.07) is 0. The summed E-state index contributed by atoms with van der Waals surface area (Å²) in [7, 11) is 0. The normalized spacial score (nSPS) is 55.9. The average molecular weight is 472 g/mol. The minimum Gasteiger partial charge on any atom is -0.481 e. The number of hydrogen-bond acceptors (Lipinski definition) is 3. The van der Waals surface area contributed by atoms with Gasteiger partial charge in [0.15, 0.2) is 0 Å². The number of allylic oxidation sites excluding steroid dienone is 1. The first-order valence-electron chi connectivity index (χ1n) is 14.0. The van der Waals surface area contributed by atoms with Crippen molar-refractivity contribution in [2.75, 3.05) is 0 Å². The van der Waals surface area contributed by atoms with E-state index in [4.69, 9.17) is 5.73 Å². The Balaban J connectivity index is 1.59. The van der Waals surface area contributed by atoms with Crippen molar-refractivity contribution < 1.29 is 15.0 Å². The van der Waals surface area contributed by atoms with Crippen LogP contribution in [0.3, 0.4) is 0 Å². The van der Waals surface area contributed by atoms with Gasteiger partial charge in [0.25, 0.3) is 0 Å². The maximum atomic E-state index is 12.8. The van der Waals surface area contributed by atoms with E-state index in [0.717, 1.165) is 64.2 Å². The van der Waals surface area contributed by atoms with Crippen LogP contribution in [0.25, 0.3) is 0 Å². The van der Waals surface area contributed by atoms with Gasteiger partial charge in [-0.3, -0.25) is 4.79 Å². The molecule has 4 N–H and O–H groups in total. The molecule has 192 valence electrons. The second-order valence-corrected chi connectivity index (χ2v) is 14.7. The number of hydrogen-bond donors (Lipinski definition) is 3. The van der Waals surface area contributed by atoms with E-state index in [1.54, 1.807) is 0 Å². The van der Waals surface area contributed by atoms with Crippen molar-refractivity contribution in [2.24, 2.45) is 56.5 Å². The quantitative estimate of drug-likeness (QED) is 0.420. The molecule has 0 amide bonds. The Morgan fingerprint density at radius 2 is 1.50 bits per heavy atom. The zero-order valence-corrected chi connectivity index (χ0v) is 22.5. The van der Waals surface area contributed by atoms with Gasteiger partial charge in [-0.15, -0.1) is 0 Å². The zero-order valence-electron chi connectivity index (χ0n) is 22.5. The Bertz CT molecular complexity index is 913. The number of nitrogens with two attached hydrogens (primary N) is 1.